The molecular formula is C12H14N2O3. The number of carbonyl (C=O) groups is 1. The van der Waals surface area contributed by atoms with Crippen LogP contribution >= 0.6 is 0 Å². The minimum atomic E-state index is -1.20. The fourth-order valence-corrected chi connectivity index (χ4v) is 1.47. The summed E-state index contributed by atoms with van der Waals surface area (Å²) in [6, 6.07) is 8.39. The molecule has 1 aromatic carbocycles. The van der Waals surface area contributed by atoms with Gasteiger partial charge in [-0.25, -0.2) is 0 Å². The van der Waals surface area contributed by atoms with Crippen molar-refractivity contribution in [3.8, 4) is 6.07 Å². The topological polar surface area (TPSA) is 93.3 Å². The van der Waals surface area contributed by atoms with Crippen molar-refractivity contribution in [2.45, 2.75) is 25.6 Å². The molecule has 0 saturated carbocycles. The highest BCUT2D eigenvalue weighted by atomic mass is 16.3. The molecule has 5 nitrogen and oxygen atoms in total. The van der Waals surface area contributed by atoms with Crippen LogP contribution in [0.4, 0.5) is 5.69 Å². The Morgan fingerprint density at radius 1 is 1.47 bits per heavy atom. The Balaban J connectivity index is 2.96. The molecule has 0 saturated heterocycles. The number of nitrogens with one attached hydrogen (secondary N) is 1. The maximum absolute atomic E-state index is 11.0. The smallest absolute Gasteiger partial charge is 0.221 e. The number of nitriles is 1. The Hall–Kier alpha value is -1.90. The molecule has 90 valence electrons. The number of rotatable bonds is 4. The molecule has 1 aromatic rings. The Labute approximate surface area is 99.3 Å². The van der Waals surface area contributed by atoms with Crippen LogP contribution in [0.3, 0.4) is 0 Å². The second-order valence-corrected chi connectivity index (χ2v) is 3.64. The molecule has 1 amide bonds. The fraction of sp³-hybridized carbons (Fsp3) is 0.333. The molecule has 0 radical (unpaired) electrons. The van der Waals surface area contributed by atoms with Gasteiger partial charge in [-0.2, -0.15) is 5.26 Å². The molecule has 0 aliphatic heterocycles. The Bertz CT molecular complexity index is 440. The summed E-state index contributed by atoms with van der Waals surface area (Å²) in [5.41, 5.74) is 0.829. The predicted octanol–water partition coefficient (Wildman–Crippen LogP) is 0.953. The second-order valence-electron chi connectivity index (χ2n) is 3.64. The SMILES string of the molecule is CC(=O)Nc1ccccc1C(O)C(O)CC#N. The van der Waals surface area contributed by atoms with Crippen molar-refractivity contribution >= 4 is 11.6 Å². The molecule has 2 unspecified atom stereocenters. The lowest BCUT2D eigenvalue weighted by molar-refractivity contribution is -0.114. The van der Waals surface area contributed by atoms with Crippen molar-refractivity contribution in [3.05, 3.63) is 29.8 Å². The van der Waals surface area contributed by atoms with E-state index in [1.54, 1.807) is 30.3 Å². The van der Waals surface area contributed by atoms with Crippen LogP contribution in [0, 0.1) is 11.3 Å². The molecule has 0 fully saturated rings. The van der Waals surface area contributed by atoms with Crippen LogP contribution in [0.5, 0.6) is 0 Å². The van der Waals surface area contributed by atoms with E-state index in [9.17, 15) is 15.0 Å². The van der Waals surface area contributed by atoms with Gasteiger partial charge >= 0.3 is 0 Å². The van der Waals surface area contributed by atoms with Crippen LogP contribution < -0.4 is 5.32 Å². The number of nitrogens with zero attached hydrogens (tertiary/aromatic N) is 1. The minimum absolute atomic E-state index is 0.171. The maximum Gasteiger partial charge on any atom is 0.221 e. The van der Waals surface area contributed by atoms with Crippen LogP contribution in [-0.2, 0) is 4.79 Å². The van der Waals surface area contributed by atoms with Gasteiger partial charge in [-0.05, 0) is 6.07 Å². The van der Waals surface area contributed by atoms with E-state index >= 15 is 0 Å². The number of hydrogen-bond donors (Lipinski definition) is 3. The van der Waals surface area contributed by atoms with Crippen LogP contribution in [0.1, 0.15) is 25.0 Å². The van der Waals surface area contributed by atoms with Gasteiger partial charge in [0.25, 0.3) is 0 Å². The Morgan fingerprint density at radius 3 is 2.71 bits per heavy atom. The van der Waals surface area contributed by atoms with Crippen LogP contribution in [-0.4, -0.2) is 22.2 Å². The van der Waals surface area contributed by atoms with Gasteiger partial charge < -0.3 is 15.5 Å². The third kappa shape index (κ3) is 3.55. The highest BCUT2D eigenvalue weighted by molar-refractivity contribution is 5.89. The van der Waals surface area contributed by atoms with Gasteiger partial charge in [0.1, 0.15) is 6.10 Å². The molecule has 5 heteroatoms. The van der Waals surface area contributed by atoms with Crippen molar-refractivity contribution in [2.75, 3.05) is 5.32 Å². The molecular weight excluding hydrogens is 220 g/mol. The summed E-state index contributed by atoms with van der Waals surface area (Å²) in [6.07, 6.45) is -2.54. The monoisotopic (exact) mass is 234 g/mol. The van der Waals surface area contributed by atoms with E-state index in [1.165, 1.54) is 6.92 Å². The standard InChI is InChI=1S/C12H14N2O3/c1-8(15)14-10-5-3-2-4-9(10)12(17)11(16)6-7-13/h2-5,11-12,16-17H,6H2,1H3,(H,14,15). The molecule has 17 heavy (non-hydrogen) atoms. The van der Waals surface area contributed by atoms with Crippen molar-refractivity contribution < 1.29 is 15.0 Å². The Morgan fingerprint density at radius 2 is 2.12 bits per heavy atom. The van der Waals surface area contributed by atoms with E-state index in [1.807, 2.05) is 0 Å². The molecule has 0 aliphatic carbocycles. The first-order chi connectivity index (χ1) is 8.06. The number of aliphatic hydroxyl groups excluding tert-OH is 2. The zero-order valence-corrected chi connectivity index (χ0v) is 9.42. The molecule has 1 rings (SSSR count). The van der Waals surface area contributed by atoms with E-state index < -0.39 is 12.2 Å². The van der Waals surface area contributed by atoms with Gasteiger partial charge in [-0.1, -0.05) is 18.2 Å². The second kappa shape index (κ2) is 5.99. The number of benzene rings is 1. The maximum atomic E-state index is 11.0. The number of aliphatic hydroxyl groups is 2. The summed E-state index contributed by atoms with van der Waals surface area (Å²) >= 11 is 0. The number of anilines is 1. The lowest BCUT2D eigenvalue weighted by Crippen LogP contribution is -2.19. The van der Waals surface area contributed by atoms with Crippen molar-refractivity contribution in [2.24, 2.45) is 0 Å². The van der Waals surface area contributed by atoms with E-state index in [4.69, 9.17) is 5.26 Å². The van der Waals surface area contributed by atoms with Crippen molar-refractivity contribution in [1.29, 1.82) is 5.26 Å². The highest BCUT2D eigenvalue weighted by Crippen LogP contribution is 2.26. The highest BCUT2D eigenvalue weighted by Gasteiger charge is 2.20. The molecule has 0 spiro atoms. The molecule has 2 atom stereocenters. The minimum Gasteiger partial charge on any atom is -0.389 e. The van der Waals surface area contributed by atoms with Gasteiger partial charge in [-0.15, -0.1) is 0 Å². The summed E-state index contributed by atoms with van der Waals surface area (Å²) in [4.78, 5) is 11.0. The summed E-state index contributed by atoms with van der Waals surface area (Å²) in [5.74, 6) is -0.264. The normalized spacial score (nSPS) is 13.5. The number of para-hydroxylation sites is 1. The van der Waals surface area contributed by atoms with E-state index in [-0.39, 0.29) is 12.3 Å². The molecule has 0 heterocycles. The fourth-order valence-electron chi connectivity index (χ4n) is 1.47. The number of carbonyl (C=O) groups excluding carboxylic acids is 1. The van der Waals surface area contributed by atoms with Gasteiger partial charge in [-0.3, -0.25) is 4.79 Å². The molecule has 0 aliphatic rings. The lowest BCUT2D eigenvalue weighted by Gasteiger charge is -2.18. The third-order valence-corrected chi connectivity index (χ3v) is 2.26. The van der Waals surface area contributed by atoms with Gasteiger partial charge in [0.2, 0.25) is 5.91 Å². The largest absolute Gasteiger partial charge is 0.389 e. The first-order valence-corrected chi connectivity index (χ1v) is 5.16. The van der Waals surface area contributed by atoms with Crippen molar-refractivity contribution in [1.82, 2.24) is 0 Å². The quantitative estimate of drug-likeness (QED) is 0.723. The average molecular weight is 234 g/mol. The summed E-state index contributed by atoms with van der Waals surface area (Å²) in [7, 11) is 0. The van der Waals surface area contributed by atoms with E-state index in [2.05, 4.69) is 5.32 Å². The van der Waals surface area contributed by atoms with Crippen molar-refractivity contribution in [3.63, 3.8) is 0 Å². The van der Waals surface area contributed by atoms with Gasteiger partial charge in [0.05, 0.1) is 18.6 Å². The van der Waals surface area contributed by atoms with Gasteiger partial charge in [0, 0.05) is 18.2 Å². The third-order valence-electron chi connectivity index (χ3n) is 2.26. The molecule has 3 N–H and O–H groups in total. The first-order valence-electron chi connectivity index (χ1n) is 5.16. The van der Waals surface area contributed by atoms with E-state index in [0.29, 0.717) is 11.3 Å². The van der Waals surface area contributed by atoms with Crippen LogP contribution in [0.2, 0.25) is 0 Å². The van der Waals surface area contributed by atoms with E-state index in [0.717, 1.165) is 0 Å². The van der Waals surface area contributed by atoms with Gasteiger partial charge in [0.15, 0.2) is 0 Å². The molecule has 0 aromatic heterocycles. The summed E-state index contributed by atoms with van der Waals surface area (Å²) in [5, 5.41) is 30.4. The lowest BCUT2D eigenvalue weighted by atomic mass is 10.0. The molecule has 0 bridgehead atoms. The summed E-state index contributed by atoms with van der Waals surface area (Å²) in [6.45, 7) is 1.36. The average Bonchev–Trinajstić information content (AvgIpc) is 2.28. The number of amides is 1. The zero-order valence-electron chi connectivity index (χ0n) is 9.42. The zero-order chi connectivity index (χ0) is 12.8. The number of hydrogen-bond acceptors (Lipinski definition) is 4. The Kier molecular flexibility index (Phi) is 4.64. The van der Waals surface area contributed by atoms with Crippen LogP contribution in [0.15, 0.2) is 24.3 Å². The predicted molar refractivity (Wildman–Crippen MR) is 61.9 cm³/mol. The first kappa shape index (κ1) is 13.2. The summed E-state index contributed by atoms with van der Waals surface area (Å²) < 4.78 is 0. The van der Waals surface area contributed by atoms with Crippen LogP contribution in [0.25, 0.3) is 0 Å².